The molecule has 0 bridgehead atoms. The highest BCUT2D eigenvalue weighted by atomic mass is 16.3. The van der Waals surface area contributed by atoms with Crippen LogP contribution in [0.25, 0.3) is 0 Å². The van der Waals surface area contributed by atoms with Crippen molar-refractivity contribution in [3.05, 3.63) is 37.0 Å². The van der Waals surface area contributed by atoms with Gasteiger partial charge in [0.2, 0.25) is 0 Å². The molecule has 0 aromatic rings. The van der Waals surface area contributed by atoms with Crippen LogP contribution in [-0.4, -0.2) is 22.4 Å². The number of aliphatic hydroxyl groups is 2. The van der Waals surface area contributed by atoms with Crippen LogP contribution in [0.1, 0.15) is 71.1 Å². The van der Waals surface area contributed by atoms with E-state index in [1.165, 1.54) is 19.3 Å². The Bertz CT molecular complexity index is 281. The molecule has 0 rings (SSSR count). The predicted molar refractivity (Wildman–Crippen MR) is 92.3 cm³/mol. The third-order valence-electron chi connectivity index (χ3n) is 3.55. The molecular weight excluding hydrogens is 260 g/mol. The van der Waals surface area contributed by atoms with Crippen LogP contribution in [0, 0.1) is 0 Å². The summed E-state index contributed by atoms with van der Waals surface area (Å²) in [5.41, 5.74) is 0. The Morgan fingerprint density at radius 3 is 2.14 bits per heavy atom. The second kappa shape index (κ2) is 15.5. The molecule has 0 aliphatic carbocycles. The maximum Gasteiger partial charge on any atom is 0.0723 e. The fraction of sp³-hybridized carbons (Fsp3) is 0.684. The number of aliphatic hydroxyl groups excluding tert-OH is 2. The van der Waals surface area contributed by atoms with E-state index in [1.807, 2.05) is 6.08 Å². The van der Waals surface area contributed by atoms with Gasteiger partial charge in [-0.25, -0.2) is 0 Å². The van der Waals surface area contributed by atoms with E-state index >= 15 is 0 Å². The van der Waals surface area contributed by atoms with Crippen molar-refractivity contribution < 1.29 is 10.2 Å². The zero-order valence-electron chi connectivity index (χ0n) is 13.7. The molecule has 2 nitrogen and oxygen atoms in total. The van der Waals surface area contributed by atoms with E-state index in [4.69, 9.17) is 0 Å². The third-order valence-corrected chi connectivity index (χ3v) is 3.55. The molecule has 2 atom stereocenters. The van der Waals surface area contributed by atoms with E-state index in [1.54, 1.807) is 18.2 Å². The zero-order chi connectivity index (χ0) is 15.8. The molecule has 0 spiro atoms. The van der Waals surface area contributed by atoms with Gasteiger partial charge in [0.25, 0.3) is 0 Å². The number of allylic oxidation sites excluding steroid dienone is 3. The Labute approximate surface area is 131 Å². The van der Waals surface area contributed by atoms with Crippen LogP contribution in [0.2, 0.25) is 0 Å². The largest absolute Gasteiger partial charge is 0.389 e. The lowest BCUT2D eigenvalue weighted by molar-refractivity contribution is 0.207. The molecule has 0 aliphatic heterocycles. The van der Waals surface area contributed by atoms with Crippen molar-refractivity contribution in [2.45, 2.75) is 83.3 Å². The van der Waals surface area contributed by atoms with Gasteiger partial charge >= 0.3 is 0 Å². The van der Waals surface area contributed by atoms with Gasteiger partial charge in [0.15, 0.2) is 0 Å². The van der Waals surface area contributed by atoms with Gasteiger partial charge in [-0.05, 0) is 25.7 Å². The monoisotopic (exact) mass is 294 g/mol. The number of rotatable bonds is 14. The van der Waals surface area contributed by atoms with E-state index in [-0.39, 0.29) is 12.2 Å². The van der Waals surface area contributed by atoms with Crippen molar-refractivity contribution in [1.82, 2.24) is 0 Å². The minimum absolute atomic E-state index is 0.261. The first-order valence-electron chi connectivity index (χ1n) is 8.52. The predicted octanol–water partition coefficient (Wildman–Crippen LogP) is 4.93. The first-order chi connectivity index (χ1) is 10.2. The van der Waals surface area contributed by atoms with Crippen molar-refractivity contribution in [2.24, 2.45) is 0 Å². The molecule has 0 amide bonds. The molecule has 0 radical (unpaired) electrons. The summed E-state index contributed by atoms with van der Waals surface area (Å²) in [7, 11) is 0. The second-order valence-corrected chi connectivity index (χ2v) is 5.67. The van der Waals surface area contributed by atoms with Gasteiger partial charge in [-0.15, -0.1) is 0 Å². The van der Waals surface area contributed by atoms with Crippen LogP contribution in [0.15, 0.2) is 37.0 Å². The van der Waals surface area contributed by atoms with Crippen molar-refractivity contribution >= 4 is 0 Å². The molecule has 2 heteroatoms. The Morgan fingerprint density at radius 1 is 0.857 bits per heavy atom. The lowest BCUT2D eigenvalue weighted by Crippen LogP contribution is -2.01. The van der Waals surface area contributed by atoms with Gasteiger partial charge in [-0.2, -0.15) is 0 Å². The molecule has 0 aromatic carbocycles. The lowest BCUT2D eigenvalue weighted by Gasteiger charge is -2.05. The summed E-state index contributed by atoms with van der Waals surface area (Å²) < 4.78 is 0. The van der Waals surface area contributed by atoms with Gasteiger partial charge in [0.1, 0.15) is 0 Å². The van der Waals surface area contributed by atoms with E-state index in [2.05, 4.69) is 19.6 Å². The van der Waals surface area contributed by atoms with Gasteiger partial charge in [0.05, 0.1) is 12.2 Å². The van der Waals surface area contributed by atoms with Crippen LogP contribution in [0.5, 0.6) is 0 Å². The molecule has 21 heavy (non-hydrogen) atoms. The van der Waals surface area contributed by atoms with Crippen LogP contribution >= 0.6 is 0 Å². The summed E-state index contributed by atoms with van der Waals surface area (Å²) >= 11 is 0. The maximum absolute atomic E-state index is 9.72. The Morgan fingerprint density at radius 2 is 1.48 bits per heavy atom. The van der Waals surface area contributed by atoms with Crippen molar-refractivity contribution in [3.8, 4) is 0 Å². The third kappa shape index (κ3) is 15.3. The SMILES string of the molecule is C=C/C=C/C(O)CCCCCC/C=C\C(O)CCCCC. The van der Waals surface area contributed by atoms with Gasteiger partial charge < -0.3 is 10.2 Å². The highest BCUT2D eigenvalue weighted by Crippen LogP contribution is 2.09. The van der Waals surface area contributed by atoms with E-state index in [0.29, 0.717) is 0 Å². The first-order valence-corrected chi connectivity index (χ1v) is 8.52. The summed E-state index contributed by atoms with van der Waals surface area (Å²) in [5, 5.41) is 19.3. The van der Waals surface area contributed by atoms with Gasteiger partial charge in [0, 0.05) is 0 Å². The maximum atomic E-state index is 9.72. The summed E-state index contributed by atoms with van der Waals surface area (Å²) in [6.45, 7) is 5.76. The summed E-state index contributed by atoms with van der Waals surface area (Å²) in [5.74, 6) is 0. The fourth-order valence-electron chi connectivity index (χ4n) is 2.23. The average molecular weight is 294 g/mol. The Kier molecular flexibility index (Phi) is 14.9. The average Bonchev–Trinajstić information content (AvgIpc) is 2.48. The first kappa shape index (κ1) is 20.1. The molecule has 0 heterocycles. The van der Waals surface area contributed by atoms with E-state index in [9.17, 15) is 10.2 Å². The fourth-order valence-corrected chi connectivity index (χ4v) is 2.23. The van der Waals surface area contributed by atoms with Crippen molar-refractivity contribution in [3.63, 3.8) is 0 Å². The van der Waals surface area contributed by atoms with Gasteiger partial charge in [-0.3, -0.25) is 0 Å². The van der Waals surface area contributed by atoms with E-state index < -0.39 is 0 Å². The van der Waals surface area contributed by atoms with Crippen LogP contribution in [0.3, 0.4) is 0 Å². The summed E-state index contributed by atoms with van der Waals surface area (Å²) in [4.78, 5) is 0. The number of hydrogen-bond acceptors (Lipinski definition) is 2. The molecule has 0 saturated carbocycles. The molecule has 2 unspecified atom stereocenters. The molecule has 0 aromatic heterocycles. The normalized spacial score (nSPS) is 14.8. The molecule has 2 N–H and O–H groups in total. The standard InChI is InChI=1S/C19H34O2/c1-3-5-11-15-19(21)17-13-10-8-7-9-12-16-18(20)14-6-4-2/h4,6,13-14,17-21H,2-3,5,7-12,15-16H2,1H3/b14-6+,17-13-. The van der Waals surface area contributed by atoms with Crippen molar-refractivity contribution in [2.75, 3.05) is 0 Å². The lowest BCUT2D eigenvalue weighted by atomic mass is 10.1. The van der Waals surface area contributed by atoms with Crippen LogP contribution in [-0.2, 0) is 0 Å². The molecular formula is C19H34O2. The van der Waals surface area contributed by atoms with Gasteiger partial charge in [-0.1, -0.05) is 82.4 Å². The molecule has 0 aliphatic rings. The minimum Gasteiger partial charge on any atom is -0.389 e. The quantitative estimate of drug-likeness (QED) is 0.271. The topological polar surface area (TPSA) is 40.5 Å². The Balaban J connectivity index is 3.38. The van der Waals surface area contributed by atoms with Crippen LogP contribution < -0.4 is 0 Å². The summed E-state index contributed by atoms with van der Waals surface area (Å²) in [6, 6.07) is 0. The highest BCUT2D eigenvalue weighted by Gasteiger charge is 1.99. The highest BCUT2D eigenvalue weighted by molar-refractivity contribution is 5.00. The second-order valence-electron chi connectivity index (χ2n) is 5.67. The number of unbranched alkanes of at least 4 members (excludes halogenated alkanes) is 6. The molecule has 0 saturated heterocycles. The summed E-state index contributed by atoms with van der Waals surface area (Å²) in [6.07, 6.45) is 19.6. The molecule has 122 valence electrons. The van der Waals surface area contributed by atoms with Crippen LogP contribution in [0.4, 0.5) is 0 Å². The van der Waals surface area contributed by atoms with Crippen molar-refractivity contribution in [1.29, 1.82) is 0 Å². The Hall–Kier alpha value is -0.860. The zero-order valence-corrected chi connectivity index (χ0v) is 13.7. The smallest absolute Gasteiger partial charge is 0.0723 e. The van der Waals surface area contributed by atoms with E-state index in [0.717, 1.165) is 44.9 Å². The molecule has 0 fully saturated rings. The minimum atomic E-state index is -0.332. The number of hydrogen-bond donors (Lipinski definition) is 2.